The number of carbonyl (C=O) groups is 1. The third kappa shape index (κ3) is 4.09. The van der Waals surface area contributed by atoms with Crippen molar-refractivity contribution in [3.05, 3.63) is 71.3 Å². The normalized spacial score (nSPS) is 10.9. The number of hydrogen-bond acceptors (Lipinski definition) is 6. The molecule has 3 rings (SSSR count). The predicted octanol–water partition coefficient (Wildman–Crippen LogP) is 5.57. The molecule has 0 atom stereocenters. The first-order valence-electron chi connectivity index (χ1n) is 8.49. The van der Waals surface area contributed by atoms with Crippen molar-refractivity contribution in [3.8, 4) is 11.5 Å². The van der Waals surface area contributed by atoms with Gasteiger partial charge in [0.05, 0.1) is 11.4 Å². The van der Waals surface area contributed by atoms with Crippen LogP contribution in [-0.2, 0) is 0 Å². The summed E-state index contributed by atoms with van der Waals surface area (Å²) in [4.78, 5) is 11.7. The maximum absolute atomic E-state index is 11.7. The van der Waals surface area contributed by atoms with E-state index >= 15 is 0 Å². The third-order valence-corrected chi connectivity index (χ3v) is 4.10. The van der Waals surface area contributed by atoms with E-state index in [1.165, 1.54) is 6.07 Å². The molecule has 0 aromatic heterocycles. The molecule has 0 aliphatic rings. The summed E-state index contributed by atoms with van der Waals surface area (Å²) in [5.41, 5.74) is 2.40. The van der Waals surface area contributed by atoms with Gasteiger partial charge >= 0.3 is 5.97 Å². The van der Waals surface area contributed by atoms with Gasteiger partial charge in [0, 0.05) is 11.8 Å². The van der Waals surface area contributed by atoms with E-state index in [2.05, 4.69) is 15.5 Å². The fourth-order valence-electron chi connectivity index (χ4n) is 2.56. The van der Waals surface area contributed by atoms with E-state index in [4.69, 9.17) is 0 Å². The van der Waals surface area contributed by atoms with Gasteiger partial charge in [0.25, 0.3) is 0 Å². The van der Waals surface area contributed by atoms with Crippen molar-refractivity contribution in [3.63, 3.8) is 0 Å². The number of hydrogen-bond donors (Lipinski definition) is 4. The minimum absolute atomic E-state index is 0.0491. The van der Waals surface area contributed by atoms with Gasteiger partial charge in [-0.15, -0.1) is 5.11 Å². The monoisotopic (exact) mass is 377 g/mol. The Hall–Kier alpha value is -3.87. The number of nitrogens with zero attached hydrogens (tertiary/aromatic N) is 2. The largest absolute Gasteiger partial charge is 0.506 e. The Kier molecular flexibility index (Phi) is 5.26. The first kappa shape index (κ1) is 18.9. The molecule has 0 heterocycles. The molecule has 0 aliphatic heterocycles. The molecule has 7 nitrogen and oxygen atoms in total. The molecule has 0 radical (unpaired) electrons. The van der Waals surface area contributed by atoms with Crippen molar-refractivity contribution in [1.29, 1.82) is 0 Å². The Bertz CT molecular complexity index is 1040. The lowest BCUT2D eigenvalue weighted by Gasteiger charge is -2.13. The average molecular weight is 377 g/mol. The van der Waals surface area contributed by atoms with E-state index in [1.807, 2.05) is 38.1 Å². The maximum atomic E-state index is 11.7. The van der Waals surface area contributed by atoms with Gasteiger partial charge in [-0.2, -0.15) is 5.11 Å². The van der Waals surface area contributed by atoms with Gasteiger partial charge in [-0.3, -0.25) is 0 Å². The molecule has 0 fully saturated rings. The summed E-state index contributed by atoms with van der Waals surface area (Å²) in [6, 6.07) is 15.6. The number of aryl methyl sites for hydroxylation is 2. The molecule has 0 spiro atoms. The van der Waals surface area contributed by atoms with E-state index in [0.29, 0.717) is 11.4 Å². The molecule has 4 N–H and O–H groups in total. The number of aromatic hydroxyl groups is 2. The summed E-state index contributed by atoms with van der Waals surface area (Å²) in [5, 5.41) is 41.0. The van der Waals surface area contributed by atoms with Crippen molar-refractivity contribution in [2.45, 2.75) is 13.8 Å². The van der Waals surface area contributed by atoms with Gasteiger partial charge in [0.2, 0.25) is 0 Å². The number of nitrogens with one attached hydrogen (secondary N) is 1. The van der Waals surface area contributed by atoms with Crippen LogP contribution in [0.5, 0.6) is 11.5 Å². The highest BCUT2D eigenvalue weighted by molar-refractivity contribution is 6.01. The molecule has 142 valence electrons. The molecule has 0 aliphatic carbocycles. The number of benzene rings is 3. The van der Waals surface area contributed by atoms with Crippen molar-refractivity contribution < 1.29 is 20.1 Å². The number of phenols is 2. The minimum atomic E-state index is -1.43. The molecule has 0 amide bonds. The quantitative estimate of drug-likeness (QED) is 0.263. The van der Waals surface area contributed by atoms with Crippen molar-refractivity contribution in [1.82, 2.24) is 0 Å². The van der Waals surface area contributed by atoms with Crippen molar-refractivity contribution in [2.75, 3.05) is 5.32 Å². The molecule has 0 unspecified atom stereocenters. The lowest BCUT2D eigenvalue weighted by molar-refractivity contribution is 0.0694. The van der Waals surface area contributed by atoms with Gasteiger partial charge in [0.15, 0.2) is 5.75 Å². The van der Waals surface area contributed by atoms with Crippen LogP contribution in [0.25, 0.3) is 0 Å². The highest BCUT2D eigenvalue weighted by atomic mass is 16.4. The van der Waals surface area contributed by atoms with Crippen LogP contribution in [0.3, 0.4) is 0 Å². The molecule has 0 saturated heterocycles. The Morgan fingerprint density at radius 2 is 1.46 bits per heavy atom. The topological polar surface area (TPSA) is 115 Å². The van der Waals surface area contributed by atoms with Crippen molar-refractivity contribution in [2.24, 2.45) is 10.2 Å². The summed E-state index contributed by atoms with van der Waals surface area (Å²) >= 11 is 0. The highest BCUT2D eigenvalue weighted by Gasteiger charge is 2.23. The summed E-state index contributed by atoms with van der Waals surface area (Å²) < 4.78 is 0. The second-order valence-electron chi connectivity index (χ2n) is 6.35. The fourth-order valence-corrected chi connectivity index (χ4v) is 2.56. The number of aromatic carboxylic acids is 1. The van der Waals surface area contributed by atoms with Crippen LogP contribution in [0, 0.1) is 13.8 Å². The Morgan fingerprint density at radius 3 is 2.04 bits per heavy atom. The van der Waals surface area contributed by atoms with E-state index in [1.54, 1.807) is 24.3 Å². The molecule has 3 aromatic carbocycles. The molecule has 3 aromatic rings. The summed E-state index contributed by atoms with van der Waals surface area (Å²) in [6.07, 6.45) is 0. The Balaban J connectivity index is 2.01. The van der Waals surface area contributed by atoms with Crippen LogP contribution in [-0.4, -0.2) is 21.3 Å². The van der Waals surface area contributed by atoms with Gasteiger partial charge in [0.1, 0.15) is 17.0 Å². The minimum Gasteiger partial charge on any atom is -0.506 e. The van der Waals surface area contributed by atoms with E-state index in [-0.39, 0.29) is 11.4 Å². The predicted molar refractivity (Wildman–Crippen MR) is 107 cm³/mol. The molecule has 28 heavy (non-hydrogen) atoms. The summed E-state index contributed by atoms with van der Waals surface area (Å²) in [6.45, 7) is 3.86. The Morgan fingerprint density at radius 1 is 0.893 bits per heavy atom. The average Bonchev–Trinajstić information content (AvgIpc) is 2.66. The van der Waals surface area contributed by atoms with Crippen molar-refractivity contribution >= 4 is 28.7 Å². The highest BCUT2D eigenvalue weighted by Crippen LogP contribution is 2.43. The van der Waals surface area contributed by atoms with Crippen LogP contribution >= 0.6 is 0 Å². The van der Waals surface area contributed by atoms with Gasteiger partial charge < -0.3 is 20.6 Å². The molecular weight excluding hydrogens is 358 g/mol. The maximum Gasteiger partial charge on any atom is 0.342 e. The van der Waals surface area contributed by atoms with Crippen LogP contribution in [0.2, 0.25) is 0 Å². The van der Waals surface area contributed by atoms with Crippen LogP contribution in [0.1, 0.15) is 21.5 Å². The number of carboxylic acid groups (broad SMARTS) is 1. The van der Waals surface area contributed by atoms with Crippen LogP contribution in [0.4, 0.5) is 22.7 Å². The fraction of sp³-hybridized carbons (Fsp3) is 0.0952. The summed E-state index contributed by atoms with van der Waals surface area (Å²) in [7, 11) is 0. The lowest BCUT2D eigenvalue weighted by Crippen LogP contribution is -2.01. The first-order valence-corrected chi connectivity index (χ1v) is 8.49. The standard InChI is InChI=1S/C21H19N3O4/c1-12-3-7-14(8-4-12)22-16-11-17(25)19(18(20(16)26)21(27)28)24-23-15-9-5-13(2)6-10-15/h3-11,22,25-26H,1-2H3,(H,27,28). The first-order chi connectivity index (χ1) is 13.3. The smallest absolute Gasteiger partial charge is 0.342 e. The number of carboxylic acids is 1. The lowest BCUT2D eigenvalue weighted by atomic mass is 10.1. The van der Waals surface area contributed by atoms with Crippen LogP contribution < -0.4 is 5.32 Å². The second-order valence-corrected chi connectivity index (χ2v) is 6.35. The second kappa shape index (κ2) is 7.79. The number of phenolic OH excluding ortho intramolecular Hbond substituents is 1. The van der Waals surface area contributed by atoms with E-state index < -0.39 is 23.0 Å². The van der Waals surface area contributed by atoms with E-state index in [0.717, 1.165) is 11.1 Å². The summed E-state index contributed by atoms with van der Waals surface area (Å²) in [5.74, 6) is -2.39. The third-order valence-electron chi connectivity index (χ3n) is 4.10. The van der Waals surface area contributed by atoms with E-state index in [9.17, 15) is 20.1 Å². The molecule has 0 bridgehead atoms. The molecule has 0 saturated carbocycles. The SMILES string of the molecule is Cc1ccc(N=Nc2c(O)cc(Nc3ccc(C)cc3)c(O)c2C(=O)O)cc1. The zero-order valence-corrected chi connectivity index (χ0v) is 15.3. The Labute approximate surface area is 161 Å². The van der Waals surface area contributed by atoms with Crippen LogP contribution in [0.15, 0.2) is 64.8 Å². The number of rotatable bonds is 5. The van der Waals surface area contributed by atoms with Gasteiger partial charge in [-0.25, -0.2) is 4.79 Å². The van der Waals surface area contributed by atoms with Gasteiger partial charge in [-0.05, 0) is 38.1 Å². The zero-order chi connectivity index (χ0) is 20.3. The molecular formula is C21H19N3O4. The number of azo groups is 1. The molecule has 7 heteroatoms. The van der Waals surface area contributed by atoms with Gasteiger partial charge in [-0.1, -0.05) is 35.4 Å². The number of anilines is 2. The zero-order valence-electron chi connectivity index (χ0n) is 15.3.